The Hall–Kier alpha value is -3.31. The van der Waals surface area contributed by atoms with E-state index < -0.39 is 10.7 Å². The van der Waals surface area contributed by atoms with Gasteiger partial charge in [-0.2, -0.15) is 5.26 Å². The third-order valence-corrected chi connectivity index (χ3v) is 4.25. The van der Waals surface area contributed by atoms with Gasteiger partial charge < -0.3 is 5.73 Å². The van der Waals surface area contributed by atoms with Gasteiger partial charge in [0.05, 0.1) is 16.2 Å². The van der Waals surface area contributed by atoms with E-state index in [0.29, 0.717) is 4.47 Å². The minimum absolute atomic E-state index is 0.00401. The maximum Gasteiger partial charge on any atom is 0.278 e. The first kappa shape index (κ1) is 17.5. The van der Waals surface area contributed by atoms with Gasteiger partial charge in [0.15, 0.2) is 0 Å². The molecule has 3 rings (SSSR count). The molecule has 3 aromatic rings. The minimum atomic E-state index is -0.552. The van der Waals surface area contributed by atoms with Crippen molar-refractivity contribution in [3.8, 4) is 28.5 Å². The molecule has 2 N–H and O–H groups in total. The molecule has 0 aliphatic heterocycles. The topological polar surface area (TPSA) is 106 Å². The van der Waals surface area contributed by atoms with Crippen LogP contribution in [0.25, 0.3) is 22.4 Å². The van der Waals surface area contributed by atoms with E-state index in [1.807, 2.05) is 6.07 Å². The van der Waals surface area contributed by atoms with Crippen LogP contribution in [-0.2, 0) is 0 Å². The van der Waals surface area contributed by atoms with E-state index in [4.69, 9.17) is 5.73 Å². The Balaban J connectivity index is 2.33. The summed E-state index contributed by atoms with van der Waals surface area (Å²) in [5.41, 5.74) is 6.49. The molecule has 0 spiro atoms. The van der Waals surface area contributed by atoms with Crippen molar-refractivity contribution in [2.75, 3.05) is 5.73 Å². The van der Waals surface area contributed by atoms with E-state index in [1.165, 1.54) is 42.5 Å². The van der Waals surface area contributed by atoms with Crippen molar-refractivity contribution in [2.24, 2.45) is 0 Å². The summed E-state index contributed by atoms with van der Waals surface area (Å²) >= 11 is 3.27. The van der Waals surface area contributed by atoms with Gasteiger partial charge in [-0.25, -0.2) is 9.37 Å². The number of nitro groups is 1. The highest BCUT2D eigenvalue weighted by molar-refractivity contribution is 9.10. The van der Waals surface area contributed by atoms with Crippen LogP contribution >= 0.6 is 15.9 Å². The lowest BCUT2D eigenvalue weighted by Crippen LogP contribution is -2.02. The van der Waals surface area contributed by atoms with E-state index in [0.717, 1.165) is 0 Å². The number of para-hydroxylation sites is 1. The Kier molecular flexibility index (Phi) is 4.65. The predicted octanol–water partition coefficient (Wildman–Crippen LogP) is 4.68. The number of nitrogens with zero attached hydrogens (tertiary/aromatic N) is 3. The molecule has 0 saturated heterocycles. The van der Waals surface area contributed by atoms with Crippen LogP contribution < -0.4 is 5.73 Å². The van der Waals surface area contributed by atoms with Gasteiger partial charge in [0.2, 0.25) is 0 Å². The van der Waals surface area contributed by atoms with Gasteiger partial charge in [0, 0.05) is 21.7 Å². The first-order chi connectivity index (χ1) is 12.4. The summed E-state index contributed by atoms with van der Waals surface area (Å²) in [6.07, 6.45) is 0. The number of aromatic nitrogens is 1. The van der Waals surface area contributed by atoms with Crippen LogP contribution in [0, 0.1) is 27.3 Å². The molecule has 0 aliphatic rings. The quantitative estimate of drug-likeness (QED) is 0.496. The number of pyridine rings is 1. The number of hydrogen-bond acceptors (Lipinski definition) is 5. The zero-order valence-electron chi connectivity index (χ0n) is 13.1. The monoisotopic (exact) mass is 412 g/mol. The van der Waals surface area contributed by atoms with Crippen LogP contribution in [0.1, 0.15) is 5.56 Å². The largest absolute Gasteiger partial charge is 0.383 e. The van der Waals surface area contributed by atoms with Gasteiger partial charge in [-0.1, -0.05) is 28.1 Å². The third kappa shape index (κ3) is 3.12. The number of halogens is 2. The fraction of sp³-hybridized carbons (Fsp3) is 0. The van der Waals surface area contributed by atoms with Crippen molar-refractivity contribution in [3.05, 3.63) is 74.5 Å². The van der Waals surface area contributed by atoms with Gasteiger partial charge in [-0.05, 0) is 30.3 Å². The summed E-state index contributed by atoms with van der Waals surface area (Å²) < 4.78 is 15.0. The molecule has 0 saturated carbocycles. The van der Waals surface area contributed by atoms with Gasteiger partial charge in [-0.15, -0.1) is 0 Å². The Morgan fingerprint density at radius 1 is 1.15 bits per heavy atom. The Bertz CT molecular complexity index is 1080. The molecule has 1 heterocycles. The van der Waals surface area contributed by atoms with Crippen LogP contribution in [0.15, 0.2) is 53.0 Å². The normalized spacial score (nSPS) is 10.3. The second-order valence-corrected chi connectivity index (χ2v) is 6.24. The fourth-order valence-electron chi connectivity index (χ4n) is 2.59. The Morgan fingerprint density at radius 2 is 1.88 bits per heavy atom. The lowest BCUT2D eigenvalue weighted by Gasteiger charge is -2.11. The van der Waals surface area contributed by atoms with Gasteiger partial charge >= 0.3 is 0 Å². The lowest BCUT2D eigenvalue weighted by atomic mass is 9.97. The molecule has 0 amide bonds. The number of anilines is 1. The molecule has 0 atom stereocenters. The smallest absolute Gasteiger partial charge is 0.278 e. The highest BCUT2D eigenvalue weighted by Gasteiger charge is 2.20. The molecule has 2 aromatic carbocycles. The van der Waals surface area contributed by atoms with Crippen molar-refractivity contribution < 1.29 is 9.31 Å². The van der Waals surface area contributed by atoms with Crippen LogP contribution in [0.2, 0.25) is 0 Å². The summed E-state index contributed by atoms with van der Waals surface area (Å²) in [6, 6.07) is 13.7. The van der Waals surface area contributed by atoms with Crippen molar-refractivity contribution in [3.63, 3.8) is 0 Å². The lowest BCUT2D eigenvalue weighted by molar-refractivity contribution is -0.384. The average Bonchev–Trinajstić information content (AvgIpc) is 2.63. The maximum atomic E-state index is 14.3. The van der Waals surface area contributed by atoms with Gasteiger partial charge in [0.25, 0.3) is 5.69 Å². The highest BCUT2D eigenvalue weighted by Crippen LogP contribution is 2.36. The van der Waals surface area contributed by atoms with E-state index in [2.05, 4.69) is 20.9 Å². The zero-order chi connectivity index (χ0) is 18.8. The van der Waals surface area contributed by atoms with Crippen molar-refractivity contribution in [1.82, 2.24) is 4.98 Å². The molecule has 128 valence electrons. The van der Waals surface area contributed by atoms with Crippen LogP contribution in [0.3, 0.4) is 0 Å². The molecule has 0 aliphatic carbocycles. The van der Waals surface area contributed by atoms with Crippen LogP contribution in [0.5, 0.6) is 0 Å². The standard InChI is InChI=1S/C18H10BrFN4O2/c19-10-5-6-15(20)13(7-10)12-8-16(23-18(22)14(12)9-21)11-3-1-2-4-17(11)24(25)26/h1-8H,(H2,22,23). The Morgan fingerprint density at radius 3 is 2.58 bits per heavy atom. The summed E-state index contributed by atoms with van der Waals surface area (Å²) in [5.74, 6) is -0.679. The van der Waals surface area contributed by atoms with E-state index in [-0.39, 0.29) is 39.5 Å². The molecule has 1 aromatic heterocycles. The third-order valence-electron chi connectivity index (χ3n) is 3.75. The molecule has 0 radical (unpaired) electrons. The number of nitrogens with two attached hydrogens (primary N) is 1. The average molecular weight is 413 g/mol. The molecular formula is C18H10BrFN4O2. The number of rotatable bonds is 3. The number of benzene rings is 2. The summed E-state index contributed by atoms with van der Waals surface area (Å²) in [6.45, 7) is 0. The first-order valence-corrected chi connectivity index (χ1v) is 8.11. The van der Waals surface area contributed by atoms with Crippen LogP contribution in [-0.4, -0.2) is 9.91 Å². The summed E-state index contributed by atoms with van der Waals surface area (Å²) in [5, 5.41) is 20.7. The first-order valence-electron chi connectivity index (χ1n) is 7.32. The van der Waals surface area contributed by atoms with E-state index >= 15 is 0 Å². The number of hydrogen-bond donors (Lipinski definition) is 1. The molecular weight excluding hydrogens is 403 g/mol. The van der Waals surface area contributed by atoms with Gasteiger partial charge in [0.1, 0.15) is 23.3 Å². The number of nitriles is 1. The molecule has 26 heavy (non-hydrogen) atoms. The second-order valence-electron chi connectivity index (χ2n) is 5.33. The Labute approximate surface area is 156 Å². The van der Waals surface area contributed by atoms with Gasteiger partial charge in [-0.3, -0.25) is 10.1 Å². The second kappa shape index (κ2) is 6.90. The number of nitro benzene ring substituents is 1. The molecule has 0 bridgehead atoms. The molecule has 0 unspecified atom stereocenters. The number of nitrogen functional groups attached to an aromatic ring is 1. The van der Waals surface area contributed by atoms with Crippen molar-refractivity contribution in [1.29, 1.82) is 5.26 Å². The summed E-state index contributed by atoms with van der Waals surface area (Å²) in [7, 11) is 0. The van der Waals surface area contributed by atoms with Crippen molar-refractivity contribution >= 4 is 27.4 Å². The fourth-order valence-corrected chi connectivity index (χ4v) is 2.95. The minimum Gasteiger partial charge on any atom is -0.383 e. The zero-order valence-corrected chi connectivity index (χ0v) is 14.7. The van der Waals surface area contributed by atoms with Crippen LogP contribution in [0.4, 0.5) is 15.9 Å². The SMILES string of the molecule is N#Cc1c(-c2cc(Br)ccc2F)cc(-c2ccccc2[N+](=O)[O-])nc1N. The summed E-state index contributed by atoms with van der Waals surface area (Å²) in [4.78, 5) is 14.9. The molecule has 6 nitrogen and oxygen atoms in total. The molecule has 0 fully saturated rings. The van der Waals surface area contributed by atoms with E-state index in [9.17, 15) is 19.8 Å². The van der Waals surface area contributed by atoms with E-state index in [1.54, 1.807) is 6.07 Å². The maximum absolute atomic E-state index is 14.3. The predicted molar refractivity (Wildman–Crippen MR) is 98.5 cm³/mol. The highest BCUT2D eigenvalue weighted by atomic mass is 79.9. The molecule has 8 heteroatoms. The van der Waals surface area contributed by atoms with Crippen molar-refractivity contribution in [2.45, 2.75) is 0 Å².